The molecule has 2 aromatic heterocycles. The van der Waals surface area contributed by atoms with E-state index in [9.17, 15) is 15.2 Å². The number of hydrogen-bond acceptors (Lipinski definition) is 10. The number of para-hydroxylation sites is 1. The summed E-state index contributed by atoms with van der Waals surface area (Å²) >= 11 is 0. The SMILES string of the molecule is O=[N+]([O-])c1ccc(Nc2nc(N=Nc3c(O)[nH]c4ccccc34)nc(NCc3ccccc3)n2)cc1. The van der Waals surface area contributed by atoms with Gasteiger partial charge in [0, 0.05) is 29.8 Å². The van der Waals surface area contributed by atoms with Gasteiger partial charge in [0.25, 0.3) is 11.6 Å². The van der Waals surface area contributed by atoms with Crippen molar-refractivity contribution in [2.24, 2.45) is 10.2 Å². The van der Waals surface area contributed by atoms with Crippen LogP contribution >= 0.6 is 0 Å². The Morgan fingerprint density at radius 3 is 2.39 bits per heavy atom. The van der Waals surface area contributed by atoms with E-state index in [-0.39, 0.29) is 35.1 Å². The van der Waals surface area contributed by atoms with Gasteiger partial charge >= 0.3 is 0 Å². The number of nitrogens with one attached hydrogen (secondary N) is 3. The lowest BCUT2D eigenvalue weighted by molar-refractivity contribution is -0.384. The molecule has 0 saturated carbocycles. The second-order valence-electron chi connectivity index (χ2n) is 7.62. The molecule has 4 N–H and O–H groups in total. The lowest BCUT2D eigenvalue weighted by Crippen LogP contribution is -2.07. The van der Waals surface area contributed by atoms with Crippen LogP contribution in [0.3, 0.4) is 0 Å². The summed E-state index contributed by atoms with van der Waals surface area (Å²) in [6.45, 7) is 0.460. The van der Waals surface area contributed by atoms with Gasteiger partial charge in [-0.15, -0.1) is 10.2 Å². The number of aromatic amines is 1. The minimum atomic E-state index is -0.475. The van der Waals surface area contributed by atoms with Crippen molar-refractivity contribution < 1.29 is 10.0 Å². The third-order valence-electron chi connectivity index (χ3n) is 5.15. The first-order valence-electron chi connectivity index (χ1n) is 10.8. The zero-order valence-electron chi connectivity index (χ0n) is 18.7. The van der Waals surface area contributed by atoms with Crippen LogP contribution in [-0.2, 0) is 6.54 Å². The highest BCUT2D eigenvalue weighted by molar-refractivity contribution is 5.94. The standard InChI is InChI=1S/C24H19N9O3/c34-21-20(18-8-4-5-9-19(18)27-21)31-32-24-29-22(25-14-15-6-2-1-3-7-15)28-23(30-24)26-16-10-12-17(13-11-16)33(35)36/h1-13,27,34H,14H2,(H2,25,26,28,29,30). The van der Waals surface area contributed by atoms with Crippen molar-refractivity contribution in [2.45, 2.75) is 6.54 Å². The molecule has 0 aliphatic heterocycles. The summed E-state index contributed by atoms with van der Waals surface area (Å²) in [6, 6.07) is 22.8. The fraction of sp³-hybridized carbons (Fsp3) is 0.0417. The van der Waals surface area contributed by atoms with Gasteiger partial charge in [-0.05, 0) is 23.8 Å². The minimum absolute atomic E-state index is 0.00495. The number of hydrogen-bond donors (Lipinski definition) is 4. The summed E-state index contributed by atoms with van der Waals surface area (Å²) in [5.74, 6) is 0.275. The van der Waals surface area contributed by atoms with Gasteiger partial charge in [-0.25, -0.2) is 0 Å². The number of rotatable bonds is 8. The zero-order valence-corrected chi connectivity index (χ0v) is 18.7. The van der Waals surface area contributed by atoms with Crippen molar-refractivity contribution in [1.29, 1.82) is 0 Å². The molecule has 0 aliphatic carbocycles. The van der Waals surface area contributed by atoms with Crippen LogP contribution in [0.1, 0.15) is 5.56 Å². The number of fused-ring (bicyclic) bond motifs is 1. The van der Waals surface area contributed by atoms with Crippen LogP contribution in [0.5, 0.6) is 5.88 Å². The van der Waals surface area contributed by atoms with Crippen LogP contribution in [0.15, 0.2) is 89.1 Å². The highest BCUT2D eigenvalue weighted by Crippen LogP contribution is 2.35. The van der Waals surface area contributed by atoms with Gasteiger partial charge in [-0.2, -0.15) is 15.0 Å². The number of nitro groups is 1. The van der Waals surface area contributed by atoms with Gasteiger partial charge in [-0.1, -0.05) is 48.5 Å². The average molecular weight is 481 g/mol. The first-order valence-corrected chi connectivity index (χ1v) is 10.8. The van der Waals surface area contributed by atoms with Crippen LogP contribution in [0.4, 0.5) is 34.9 Å². The summed E-state index contributed by atoms with van der Waals surface area (Å²) < 4.78 is 0. The number of non-ortho nitro benzene ring substituents is 1. The molecule has 2 heterocycles. The molecule has 5 rings (SSSR count). The molecule has 0 spiro atoms. The maximum absolute atomic E-state index is 10.9. The number of nitrogens with zero attached hydrogens (tertiary/aromatic N) is 6. The Bertz CT molecular complexity index is 1550. The summed E-state index contributed by atoms with van der Waals surface area (Å²) in [5.41, 5.74) is 2.50. The van der Waals surface area contributed by atoms with Crippen molar-refractivity contribution in [3.05, 3.63) is 94.5 Å². The normalized spacial score (nSPS) is 11.1. The van der Waals surface area contributed by atoms with Crippen molar-refractivity contribution in [1.82, 2.24) is 19.9 Å². The maximum atomic E-state index is 10.9. The Hall–Kier alpha value is -5.39. The molecule has 0 bridgehead atoms. The molecule has 0 radical (unpaired) electrons. The van der Waals surface area contributed by atoms with Gasteiger partial charge in [-0.3, -0.25) is 10.1 Å². The van der Waals surface area contributed by atoms with E-state index in [1.807, 2.05) is 54.6 Å². The van der Waals surface area contributed by atoms with Crippen LogP contribution in [0, 0.1) is 10.1 Å². The Balaban J connectivity index is 1.45. The second kappa shape index (κ2) is 9.85. The van der Waals surface area contributed by atoms with Crippen molar-refractivity contribution in [3.8, 4) is 5.88 Å². The molecule has 5 aromatic rings. The fourth-order valence-electron chi connectivity index (χ4n) is 3.43. The van der Waals surface area contributed by atoms with Crippen LogP contribution in [-0.4, -0.2) is 30.0 Å². The van der Waals surface area contributed by atoms with E-state index in [4.69, 9.17) is 0 Å². The minimum Gasteiger partial charge on any atom is -0.493 e. The smallest absolute Gasteiger partial charge is 0.275 e. The Morgan fingerprint density at radius 2 is 1.61 bits per heavy atom. The number of H-pyrrole nitrogens is 1. The van der Waals surface area contributed by atoms with Crippen molar-refractivity contribution >= 4 is 45.8 Å². The number of nitro benzene ring substituents is 1. The molecule has 0 unspecified atom stereocenters. The van der Waals surface area contributed by atoms with E-state index in [1.54, 1.807) is 12.1 Å². The van der Waals surface area contributed by atoms with Crippen molar-refractivity contribution in [3.63, 3.8) is 0 Å². The summed E-state index contributed by atoms with van der Waals surface area (Å²) in [7, 11) is 0. The third-order valence-corrected chi connectivity index (χ3v) is 5.15. The van der Waals surface area contributed by atoms with Gasteiger partial charge in [0.1, 0.15) is 0 Å². The largest absolute Gasteiger partial charge is 0.493 e. The van der Waals surface area contributed by atoms with E-state index < -0.39 is 4.92 Å². The monoisotopic (exact) mass is 481 g/mol. The molecule has 0 atom stereocenters. The lowest BCUT2D eigenvalue weighted by Gasteiger charge is -2.09. The second-order valence-corrected chi connectivity index (χ2v) is 7.62. The fourth-order valence-corrected chi connectivity index (χ4v) is 3.43. The molecule has 12 heteroatoms. The Labute approximate surface area is 204 Å². The molecule has 0 fully saturated rings. The zero-order chi connectivity index (χ0) is 24.9. The van der Waals surface area contributed by atoms with E-state index in [0.717, 1.165) is 5.56 Å². The molecular weight excluding hydrogens is 462 g/mol. The number of azo groups is 1. The summed E-state index contributed by atoms with van der Waals surface area (Å²) in [4.78, 5) is 26.3. The predicted octanol–water partition coefficient (Wildman–Crippen LogP) is 5.74. The summed E-state index contributed by atoms with van der Waals surface area (Å²) in [5, 5.41) is 36.3. The highest BCUT2D eigenvalue weighted by atomic mass is 16.6. The first kappa shape index (κ1) is 22.4. The van der Waals surface area contributed by atoms with E-state index in [2.05, 4.69) is 40.8 Å². The van der Waals surface area contributed by atoms with E-state index in [1.165, 1.54) is 12.1 Å². The molecule has 0 saturated heterocycles. The van der Waals surface area contributed by atoms with Gasteiger partial charge < -0.3 is 20.7 Å². The molecule has 0 amide bonds. The molecule has 12 nitrogen and oxygen atoms in total. The third kappa shape index (κ3) is 5.07. The molecular formula is C24H19N9O3. The van der Waals surface area contributed by atoms with Crippen molar-refractivity contribution in [2.75, 3.05) is 10.6 Å². The number of aromatic hydroxyl groups is 1. The van der Waals surface area contributed by atoms with E-state index in [0.29, 0.717) is 23.1 Å². The quantitative estimate of drug-likeness (QED) is 0.124. The van der Waals surface area contributed by atoms with Gasteiger partial charge in [0.2, 0.25) is 17.8 Å². The first-order chi connectivity index (χ1) is 17.5. The lowest BCUT2D eigenvalue weighted by atomic mass is 10.2. The highest BCUT2D eigenvalue weighted by Gasteiger charge is 2.12. The molecule has 36 heavy (non-hydrogen) atoms. The Morgan fingerprint density at radius 1 is 0.889 bits per heavy atom. The molecule has 178 valence electrons. The van der Waals surface area contributed by atoms with E-state index >= 15 is 0 Å². The maximum Gasteiger partial charge on any atom is 0.275 e. The topological polar surface area (TPSA) is 167 Å². The Kier molecular flexibility index (Phi) is 6.13. The number of aromatic nitrogens is 4. The van der Waals surface area contributed by atoms with Crippen LogP contribution in [0.2, 0.25) is 0 Å². The van der Waals surface area contributed by atoms with Gasteiger partial charge in [0.05, 0.1) is 10.4 Å². The average Bonchev–Trinajstić information content (AvgIpc) is 3.22. The summed E-state index contributed by atoms with van der Waals surface area (Å²) in [6.07, 6.45) is 0. The number of benzene rings is 3. The molecule has 3 aromatic carbocycles. The van der Waals surface area contributed by atoms with Gasteiger partial charge in [0.15, 0.2) is 5.69 Å². The number of anilines is 3. The van der Waals surface area contributed by atoms with Crippen LogP contribution in [0.25, 0.3) is 10.9 Å². The predicted molar refractivity (Wildman–Crippen MR) is 134 cm³/mol. The van der Waals surface area contributed by atoms with Crippen LogP contribution < -0.4 is 10.6 Å². The molecule has 0 aliphatic rings.